The van der Waals surface area contributed by atoms with Crippen molar-refractivity contribution < 1.29 is 0 Å². The summed E-state index contributed by atoms with van der Waals surface area (Å²) in [6, 6.07) is 2.13. The second-order valence-electron chi connectivity index (χ2n) is 3.33. The summed E-state index contributed by atoms with van der Waals surface area (Å²) in [5, 5.41) is 5.46. The van der Waals surface area contributed by atoms with Gasteiger partial charge in [0.25, 0.3) is 0 Å². The zero-order valence-corrected chi connectivity index (χ0v) is 10.8. The number of aryl methyl sites for hydroxylation is 1. The zero-order chi connectivity index (χ0) is 10.7. The topological polar surface area (TPSA) is 40.7 Å². The van der Waals surface area contributed by atoms with E-state index in [0.717, 1.165) is 29.1 Å². The monoisotopic (exact) mass is 285 g/mol. The van der Waals surface area contributed by atoms with Crippen molar-refractivity contribution in [1.82, 2.24) is 15.3 Å². The lowest BCUT2D eigenvalue weighted by atomic mass is 10.4. The molecule has 2 rings (SSSR count). The van der Waals surface area contributed by atoms with E-state index in [1.165, 1.54) is 4.88 Å². The molecule has 2 aromatic rings. The largest absolute Gasteiger partial charge is 0.345 e. The van der Waals surface area contributed by atoms with Gasteiger partial charge in [-0.05, 0) is 28.9 Å². The quantitative estimate of drug-likeness (QED) is 0.907. The number of imidazole rings is 1. The van der Waals surface area contributed by atoms with Crippen LogP contribution in [0.2, 0.25) is 0 Å². The number of nitrogens with zero attached hydrogens (tertiary/aromatic N) is 1. The molecule has 2 N–H and O–H groups in total. The van der Waals surface area contributed by atoms with E-state index < -0.39 is 0 Å². The highest BCUT2D eigenvalue weighted by Crippen LogP contribution is 2.19. The van der Waals surface area contributed by atoms with Crippen LogP contribution in [0, 0.1) is 6.92 Å². The van der Waals surface area contributed by atoms with Crippen LogP contribution in [0.15, 0.2) is 22.1 Å². The van der Waals surface area contributed by atoms with Crippen molar-refractivity contribution >= 4 is 27.3 Å². The summed E-state index contributed by atoms with van der Waals surface area (Å²) in [7, 11) is 0. The number of thiophene rings is 1. The van der Waals surface area contributed by atoms with Gasteiger partial charge in [0.05, 0.1) is 0 Å². The first-order chi connectivity index (χ1) is 7.24. The maximum absolute atomic E-state index is 4.15. The smallest absolute Gasteiger partial charge is 0.103 e. The third-order valence-corrected chi connectivity index (χ3v) is 3.69. The molecule has 15 heavy (non-hydrogen) atoms. The molecule has 5 heteroatoms. The Bertz CT molecular complexity index is 395. The highest BCUT2D eigenvalue weighted by molar-refractivity contribution is 9.10. The summed E-state index contributed by atoms with van der Waals surface area (Å²) < 4.78 is 1.15. The molecule has 0 aromatic carbocycles. The Kier molecular flexibility index (Phi) is 3.56. The molecule has 0 radical (unpaired) electrons. The predicted molar refractivity (Wildman–Crippen MR) is 65.9 cm³/mol. The lowest BCUT2D eigenvalue weighted by molar-refractivity contribution is 0.688. The average molecular weight is 286 g/mol. The molecule has 2 aromatic heterocycles. The summed E-state index contributed by atoms with van der Waals surface area (Å²) in [6.45, 7) is 3.69. The van der Waals surface area contributed by atoms with Gasteiger partial charge in [0.15, 0.2) is 0 Å². The first-order valence-corrected chi connectivity index (χ1v) is 6.35. The molecule has 0 amide bonds. The van der Waals surface area contributed by atoms with Crippen LogP contribution in [0.25, 0.3) is 0 Å². The molecule has 0 fully saturated rings. The molecule has 0 saturated carbocycles. The number of rotatable bonds is 4. The minimum absolute atomic E-state index is 0.830. The van der Waals surface area contributed by atoms with Gasteiger partial charge in [-0.3, -0.25) is 0 Å². The second kappa shape index (κ2) is 4.92. The number of aromatic amines is 1. The minimum Gasteiger partial charge on any atom is -0.345 e. The van der Waals surface area contributed by atoms with Crippen LogP contribution in [0.5, 0.6) is 0 Å². The highest BCUT2D eigenvalue weighted by atomic mass is 79.9. The zero-order valence-electron chi connectivity index (χ0n) is 8.38. The Morgan fingerprint density at radius 1 is 1.53 bits per heavy atom. The molecule has 0 aliphatic rings. The third-order valence-electron chi connectivity index (χ3n) is 1.99. The van der Waals surface area contributed by atoms with Crippen molar-refractivity contribution in [3.8, 4) is 0 Å². The molecule has 2 heterocycles. The van der Waals surface area contributed by atoms with E-state index in [9.17, 15) is 0 Å². The number of hydrogen-bond donors (Lipinski definition) is 2. The predicted octanol–water partition coefficient (Wildman–Crippen LogP) is 2.83. The average Bonchev–Trinajstić information content (AvgIpc) is 2.76. The van der Waals surface area contributed by atoms with E-state index in [2.05, 4.69) is 42.7 Å². The van der Waals surface area contributed by atoms with Gasteiger partial charge in [-0.1, -0.05) is 0 Å². The van der Waals surface area contributed by atoms with Gasteiger partial charge >= 0.3 is 0 Å². The summed E-state index contributed by atoms with van der Waals surface area (Å²) in [5.41, 5.74) is 1.13. The SMILES string of the molecule is Cc1ncc(CNCc2cc(Br)cs2)[nH]1. The molecule has 0 saturated heterocycles. The van der Waals surface area contributed by atoms with Gasteiger partial charge in [-0.25, -0.2) is 4.98 Å². The molecule has 0 unspecified atom stereocenters. The number of hydrogen-bond acceptors (Lipinski definition) is 3. The first-order valence-electron chi connectivity index (χ1n) is 4.68. The van der Waals surface area contributed by atoms with Crippen LogP contribution >= 0.6 is 27.3 Å². The fourth-order valence-electron chi connectivity index (χ4n) is 1.33. The molecule has 0 aliphatic carbocycles. The Morgan fingerprint density at radius 2 is 2.40 bits per heavy atom. The van der Waals surface area contributed by atoms with Gasteiger partial charge in [-0.2, -0.15) is 0 Å². The lowest BCUT2D eigenvalue weighted by Gasteiger charge is -1.99. The Hall–Kier alpha value is -0.650. The molecule has 80 valence electrons. The fraction of sp³-hybridized carbons (Fsp3) is 0.300. The number of halogens is 1. The Morgan fingerprint density at radius 3 is 3.00 bits per heavy atom. The van der Waals surface area contributed by atoms with Crippen LogP contribution in [0.3, 0.4) is 0 Å². The van der Waals surface area contributed by atoms with Crippen molar-refractivity contribution in [2.75, 3.05) is 0 Å². The normalized spacial score (nSPS) is 10.8. The molecular weight excluding hydrogens is 274 g/mol. The first kappa shape index (κ1) is 10.9. The standard InChI is InChI=1S/C10H12BrN3S/c1-7-13-4-9(14-7)3-12-5-10-2-8(11)6-15-10/h2,4,6,12H,3,5H2,1H3,(H,13,14). The van der Waals surface area contributed by atoms with Crippen LogP contribution in [-0.4, -0.2) is 9.97 Å². The number of nitrogens with one attached hydrogen (secondary N) is 2. The summed E-state index contributed by atoms with van der Waals surface area (Å²) in [6.07, 6.45) is 1.87. The van der Waals surface area contributed by atoms with Crippen molar-refractivity contribution in [3.63, 3.8) is 0 Å². The van der Waals surface area contributed by atoms with E-state index in [0.29, 0.717) is 0 Å². The highest BCUT2D eigenvalue weighted by Gasteiger charge is 1.99. The Balaban J connectivity index is 1.80. The van der Waals surface area contributed by atoms with Crippen molar-refractivity contribution in [2.45, 2.75) is 20.0 Å². The van der Waals surface area contributed by atoms with Gasteiger partial charge in [-0.15, -0.1) is 11.3 Å². The van der Waals surface area contributed by atoms with Gasteiger partial charge in [0, 0.05) is 39.7 Å². The Labute approximate surface area is 101 Å². The number of aromatic nitrogens is 2. The van der Waals surface area contributed by atoms with E-state index in [1.54, 1.807) is 11.3 Å². The van der Waals surface area contributed by atoms with E-state index in [-0.39, 0.29) is 0 Å². The maximum Gasteiger partial charge on any atom is 0.103 e. The van der Waals surface area contributed by atoms with Gasteiger partial charge in [0.1, 0.15) is 5.82 Å². The molecule has 0 aliphatic heterocycles. The van der Waals surface area contributed by atoms with Crippen LogP contribution in [0.1, 0.15) is 16.4 Å². The molecule has 0 bridgehead atoms. The van der Waals surface area contributed by atoms with E-state index in [4.69, 9.17) is 0 Å². The van der Waals surface area contributed by atoms with Gasteiger partial charge in [0.2, 0.25) is 0 Å². The minimum atomic E-state index is 0.830. The van der Waals surface area contributed by atoms with Crippen molar-refractivity contribution in [1.29, 1.82) is 0 Å². The molecular formula is C10H12BrN3S. The summed E-state index contributed by atoms with van der Waals surface area (Å²) >= 11 is 5.19. The fourth-order valence-corrected chi connectivity index (χ4v) is 2.75. The van der Waals surface area contributed by atoms with Gasteiger partial charge < -0.3 is 10.3 Å². The molecule has 0 spiro atoms. The second-order valence-corrected chi connectivity index (χ2v) is 5.24. The molecule has 0 atom stereocenters. The van der Waals surface area contributed by atoms with Crippen LogP contribution < -0.4 is 5.32 Å². The third kappa shape index (κ3) is 3.15. The summed E-state index contributed by atoms with van der Waals surface area (Å²) in [4.78, 5) is 8.67. The van der Waals surface area contributed by atoms with Crippen LogP contribution in [0.4, 0.5) is 0 Å². The van der Waals surface area contributed by atoms with Crippen molar-refractivity contribution in [3.05, 3.63) is 38.5 Å². The van der Waals surface area contributed by atoms with E-state index >= 15 is 0 Å². The van der Waals surface area contributed by atoms with Crippen molar-refractivity contribution in [2.24, 2.45) is 0 Å². The lowest BCUT2D eigenvalue weighted by Crippen LogP contribution is -2.11. The number of H-pyrrole nitrogens is 1. The molecule has 3 nitrogen and oxygen atoms in total. The maximum atomic E-state index is 4.15. The summed E-state index contributed by atoms with van der Waals surface area (Å²) in [5.74, 6) is 0.964. The van der Waals surface area contributed by atoms with Crippen LogP contribution in [-0.2, 0) is 13.1 Å². The van der Waals surface area contributed by atoms with E-state index in [1.807, 2.05) is 13.1 Å².